The molecule has 0 aliphatic rings. The summed E-state index contributed by atoms with van der Waals surface area (Å²) in [6.07, 6.45) is 0. The van der Waals surface area contributed by atoms with Gasteiger partial charge >= 0.3 is 0 Å². The topological polar surface area (TPSA) is 24.8 Å². The molecule has 0 aliphatic heterocycles. The Bertz CT molecular complexity index is 301. The Hall–Kier alpha value is 0.450. The van der Waals surface area contributed by atoms with Gasteiger partial charge in [-0.2, -0.15) is 5.06 Å². The van der Waals surface area contributed by atoms with Crippen molar-refractivity contribution in [2.75, 3.05) is 6.73 Å². The predicted molar refractivity (Wildman–Crippen MR) is 97.2 cm³/mol. The molecule has 0 saturated heterocycles. The Kier molecular flexibility index (Phi) is 8.36. The highest BCUT2D eigenvalue weighted by molar-refractivity contribution is 14.2. The van der Waals surface area contributed by atoms with E-state index in [-0.39, 0.29) is 32.0 Å². The van der Waals surface area contributed by atoms with Crippen molar-refractivity contribution in [1.29, 1.82) is 0 Å². The maximum Gasteiger partial charge on any atom is 0.163 e. The first-order valence-corrected chi connectivity index (χ1v) is 9.80. The third kappa shape index (κ3) is 7.46. The predicted octanol–water partition coefficient (Wildman–Crippen LogP) is 5.61. The molecule has 3 nitrogen and oxygen atoms in total. The van der Waals surface area contributed by atoms with Crippen LogP contribution < -0.4 is 0 Å². The zero-order valence-electron chi connectivity index (χ0n) is 15.1. The van der Waals surface area contributed by atoms with Gasteiger partial charge in [0, 0.05) is 15.5 Å². The lowest BCUT2D eigenvalue weighted by Gasteiger charge is -2.47. The number of hydrogen-bond donors (Lipinski definition) is 0. The number of rotatable bonds is 6. The highest BCUT2D eigenvalue weighted by Crippen LogP contribution is 2.34. The molecule has 1 atom stereocenters. The minimum atomic E-state index is -0.0945. The second kappa shape index (κ2) is 8.18. The molecule has 0 aromatic heterocycles. The zero-order chi connectivity index (χ0) is 16.1. The van der Waals surface area contributed by atoms with Crippen LogP contribution in [0.25, 0.3) is 0 Å². The van der Waals surface area contributed by atoms with E-state index in [1.54, 1.807) is 0 Å². The van der Waals surface area contributed by atoms with Gasteiger partial charge in [-0.15, -0.1) is 0 Å². The van der Waals surface area contributed by atoms with Gasteiger partial charge in [-0.1, -0.05) is 48.5 Å². The maximum atomic E-state index is 6.10. The van der Waals surface area contributed by atoms with Crippen LogP contribution in [0.5, 0.6) is 0 Å². The SMILES string of the molecule is CC(C)I=NCON(C(C(C)C)C(C)(C)C)C(C)(C)C. The Morgan fingerprint density at radius 1 is 1.00 bits per heavy atom. The van der Waals surface area contributed by atoms with Gasteiger partial charge in [0.2, 0.25) is 0 Å². The van der Waals surface area contributed by atoms with Crippen LogP contribution in [0.2, 0.25) is 0 Å². The minimum Gasteiger partial charge on any atom is -0.274 e. The van der Waals surface area contributed by atoms with Crippen molar-refractivity contribution in [3.05, 3.63) is 0 Å². The molecule has 0 saturated carbocycles. The van der Waals surface area contributed by atoms with E-state index in [0.717, 1.165) is 0 Å². The van der Waals surface area contributed by atoms with Crippen molar-refractivity contribution in [2.45, 2.75) is 84.7 Å². The van der Waals surface area contributed by atoms with Crippen molar-refractivity contribution in [3.63, 3.8) is 0 Å². The van der Waals surface area contributed by atoms with Gasteiger partial charge in [-0.3, -0.25) is 4.84 Å². The summed E-state index contributed by atoms with van der Waals surface area (Å²) in [6.45, 7) is 23.0. The third-order valence-electron chi connectivity index (χ3n) is 2.94. The molecular weight excluding hydrogens is 363 g/mol. The summed E-state index contributed by atoms with van der Waals surface area (Å²) in [4.78, 5) is 6.10. The molecule has 4 heteroatoms. The standard InChI is InChI=1S/C16H35IN2O/c1-12(2)14(15(5,6)7)19(16(8,9)10)20-11-18-17-13(3)4/h12-14H,11H2,1-10H3. The molecule has 0 spiro atoms. The highest BCUT2D eigenvalue weighted by atomic mass is 127. The summed E-state index contributed by atoms with van der Waals surface area (Å²) in [6, 6.07) is 0.370. The molecular formula is C16H35IN2O. The van der Waals surface area contributed by atoms with E-state index in [2.05, 4.69) is 77.4 Å². The monoisotopic (exact) mass is 398 g/mol. The fourth-order valence-corrected chi connectivity index (χ4v) is 3.64. The molecule has 20 heavy (non-hydrogen) atoms. The molecule has 0 aliphatic carbocycles. The Labute approximate surface area is 137 Å². The molecule has 122 valence electrons. The van der Waals surface area contributed by atoms with Gasteiger partial charge in [0.05, 0.1) is 0 Å². The van der Waals surface area contributed by atoms with Gasteiger partial charge in [0.25, 0.3) is 0 Å². The number of nitrogens with zero attached hydrogens (tertiary/aromatic N) is 2. The summed E-state index contributed by atoms with van der Waals surface area (Å²) in [5.74, 6) is 0.536. The normalized spacial score (nSPS) is 16.2. The lowest BCUT2D eigenvalue weighted by molar-refractivity contribution is -0.258. The third-order valence-corrected chi connectivity index (χ3v) is 4.73. The lowest BCUT2D eigenvalue weighted by atomic mass is 9.78. The second-order valence-corrected chi connectivity index (χ2v) is 11.8. The van der Waals surface area contributed by atoms with Crippen molar-refractivity contribution in [2.24, 2.45) is 14.5 Å². The Morgan fingerprint density at radius 2 is 1.50 bits per heavy atom. The van der Waals surface area contributed by atoms with E-state index >= 15 is 0 Å². The summed E-state index contributed by atoms with van der Waals surface area (Å²) < 4.78 is 5.29. The molecule has 0 fully saturated rings. The Morgan fingerprint density at radius 3 is 1.80 bits per heavy atom. The van der Waals surface area contributed by atoms with E-state index in [1.807, 2.05) is 0 Å². The van der Waals surface area contributed by atoms with Crippen molar-refractivity contribution in [3.8, 4) is 0 Å². The number of alkyl halides is 1. The van der Waals surface area contributed by atoms with Crippen LogP contribution in [0.4, 0.5) is 0 Å². The molecule has 0 aromatic rings. The summed E-state index contributed by atoms with van der Waals surface area (Å²) in [5.41, 5.74) is 0.155. The molecule has 1 unspecified atom stereocenters. The molecule has 0 radical (unpaired) electrons. The molecule has 0 aromatic carbocycles. The highest BCUT2D eigenvalue weighted by Gasteiger charge is 2.39. The fraction of sp³-hybridized carbons (Fsp3) is 1.00. The van der Waals surface area contributed by atoms with Crippen molar-refractivity contribution in [1.82, 2.24) is 5.06 Å². The van der Waals surface area contributed by atoms with E-state index in [4.69, 9.17) is 4.84 Å². The largest absolute Gasteiger partial charge is 0.274 e. The minimum absolute atomic E-state index is 0.0200. The maximum absolute atomic E-state index is 6.10. The Balaban J connectivity index is 5.05. The molecule has 0 N–H and O–H groups in total. The molecule has 0 heterocycles. The number of hydroxylamine groups is 2. The van der Waals surface area contributed by atoms with Gasteiger partial charge in [-0.05, 0) is 53.1 Å². The summed E-state index contributed by atoms with van der Waals surface area (Å²) >= 11 is -0.0945. The van der Waals surface area contributed by atoms with Crippen LogP contribution in [0, 0.1) is 11.3 Å². The summed E-state index contributed by atoms with van der Waals surface area (Å²) in [5, 5.41) is 2.19. The van der Waals surface area contributed by atoms with Gasteiger partial charge < -0.3 is 0 Å². The van der Waals surface area contributed by atoms with Gasteiger partial charge in [0.1, 0.15) is 0 Å². The van der Waals surface area contributed by atoms with Crippen LogP contribution in [-0.4, -0.2) is 27.3 Å². The molecule has 0 rings (SSSR count). The first-order valence-electron chi connectivity index (χ1n) is 7.59. The van der Waals surface area contributed by atoms with Crippen molar-refractivity contribution >= 4 is 21.0 Å². The van der Waals surface area contributed by atoms with Gasteiger partial charge in [0.15, 0.2) is 6.73 Å². The van der Waals surface area contributed by atoms with Crippen LogP contribution in [-0.2, 0) is 4.84 Å². The number of hydrogen-bond acceptors (Lipinski definition) is 3. The fourth-order valence-electron chi connectivity index (χ4n) is 2.56. The van der Waals surface area contributed by atoms with E-state index in [0.29, 0.717) is 22.6 Å². The lowest BCUT2D eigenvalue weighted by Crippen LogP contribution is -2.55. The average Bonchev–Trinajstić information content (AvgIpc) is 2.17. The zero-order valence-corrected chi connectivity index (χ0v) is 17.3. The molecule has 0 amide bonds. The number of halogens is 1. The van der Waals surface area contributed by atoms with Crippen molar-refractivity contribution < 1.29 is 4.84 Å². The first-order chi connectivity index (χ1) is 8.87. The van der Waals surface area contributed by atoms with Crippen LogP contribution in [0.3, 0.4) is 0 Å². The van der Waals surface area contributed by atoms with Crippen LogP contribution in [0.15, 0.2) is 3.15 Å². The quantitative estimate of drug-likeness (QED) is 0.330. The van der Waals surface area contributed by atoms with E-state index in [1.165, 1.54) is 0 Å². The van der Waals surface area contributed by atoms with Gasteiger partial charge in [-0.25, -0.2) is 3.15 Å². The van der Waals surface area contributed by atoms with Crippen LogP contribution in [0.1, 0.15) is 69.2 Å². The smallest absolute Gasteiger partial charge is 0.163 e. The second-order valence-electron chi connectivity index (χ2n) is 8.04. The first kappa shape index (κ1) is 20.5. The van der Waals surface area contributed by atoms with Crippen LogP contribution >= 0.6 is 21.0 Å². The van der Waals surface area contributed by atoms with E-state index in [9.17, 15) is 0 Å². The summed E-state index contributed by atoms with van der Waals surface area (Å²) in [7, 11) is 0. The average molecular weight is 398 g/mol. The molecule has 0 bridgehead atoms. The van der Waals surface area contributed by atoms with E-state index < -0.39 is 0 Å².